The van der Waals surface area contributed by atoms with Crippen molar-refractivity contribution in [2.24, 2.45) is 0 Å². The average molecular weight is 353 g/mol. The molecular formula is C24H32O2. The van der Waals surface area contributed by atoms with Gasteiger partial charge in [-0.25, -0.2) is 0 Å². The predicted molar refractivity (Wildman–Crippen MR) is 109 cm³/mol. The van der Waals surface area contributed by atoms with Crippen LogP contribution in [0.5, 0.6) is 11.5 Å². The molecule has 2 aromatic rings. The highest BCUT2D eigenvalue weighted by molar-refractivity contribution is 5.59. The molecule has 2 nitrogen and oxygen atoms in total. The summed E-state index contributed by atoms with van der Waals surface area (Å²) < 4.78 is 0. The molecule has 0 saturated heterocycles. The molecule has 3 rings (SSSR count). The molecule has 2 heteroatoms. The van der Waals surface area contributed by atoms with Crippen LogP contribution in [0.15, 0.2) is 12.1 Å². The monoisotopic (exact) mass is 352 g/mol. The van der Waals surface area contributed by atoms with E-state index in [4.69, 9.17) is 0 Å². The molecule has 0 unspecified atom stereocenters. The molecule has 0 atom stereocenters. The molecule has 1 saturated carbocycles. The van der Waals surface area contributed by atoms with E-state index in [0.717, 1.165) is 24.0 Å². The first-order valence-electron chi connectivity index (χ1n) is 9.81. The number of phenolic OH excluding ortho intramolecular Hbond substituents is 2. The highest BCUT2D eigenvalue weighted by Gasteiger charge is 2.41. The lowest BCUT2D eigenvalue weighted by Crippen LogP contribution is -2.34. The number of aromatic hydroxyl groups is 2. The highest BCUT2D eigenvalue weighted by Crippen LogP contribution is 2.51. The van der Waals surface area contributed by atoms with Crippen molar-refractivity contribution in [3.05, 3.63) is 56.6 Å². The summed E-state index contributed by atoms with van der Waals surface area (Å²) in [4.78, 5) is 0. The smallest absolute Gasteiger partial charge is 0.119 e. The molecule has 2 aromatic carbocycles. The van der Waals surface area contributed by atoms with Gasteiger partial charge in [-0.2, -0.15) is 0 Å². The van der Waals surface area contributed by atoms with Gasteiger partial charge in [0, 0.05) is 5.41 Å². The van der Waals surface area contributed by atoms with Crippen LogP contribution in [0.25, 0.3) is 0 Å². The van der Waals surface area contributed by atoms with Crippen LogP contribution in [0.2, 0.25) is 0 Å². The number of rotatable bonds is 2. The molecule has 0 spiro atoms. The Morgan fingerprint density at radius 2 is 1.00 bits per heavy atom. The zero-order chi connectivity index (χ0) is 19.2. The summed E-state index contributed by atoms with van der Waals surface area (Å²) in [6.07, 6.45) is 5.98. The maximum atomic E-state index is 10.3. The number of hydrogen-bond donors (Lipinski definition) is 2. The quantitative estimate of drug-likeness (QED) is 0.675. The third kappa shape index (κ3) is 2.71. The van der Waals surface area contributed by atoms with E-state index in [-0.39, 0.29) is 5.41 Å². The fraction of sp³-hybridized carbons (Fsp3) is 0.500. The standard InChI is InChI=1S/C24H32O2/c1-14-12-20(25)16(3)18(5)22(14)24(10-8-7-9-11-24)23-15(2)13-21(26)17(4)19(23)6/h12-13,25-26H,7-11H2,1-6H3. The van der Waals surface area contributed by atoms with Gasteiger partial charge in [0.05, 0.1) is 0 Å². The number of aryl methyl sites for hydroxylation is 2. The average Bonchev–Trinajstić information content (AvgIpc) is 2.58. The lowest BCUT2D eigenvalue weighted by atomic mass is 9.60. The topological polar surface area (TPSA) is 40.5 Å². The van der Waals surface area contributed by atoms with Crippen molar-refractivity contribution in [3.8, 4) is 11.5 Å². The van der Waals surface area contributed by atoms with Crippen LogP contribution in [0.4, 0.5) is 0 Å². The Bertz CT molecular complexity index is 790. The van der Waals surface area contributed by atoms with Crippen LogP contribution in [-0.4, -0.2) is 10.2 Å². The van der Waals surface area contributed by atoms with Crippen molar-refractivity contribution in [2.45, 2.75) is 79.1 Å². The normalized spacial score (nSPS) is 16.7. The van der Waals surface area contributed by atoms with E-state index in [0.29, 0.717) is 11.5 Å². The van der Waals surface area contributed by atoms with Crippen LogP contribution >= 0.6 is 0 Å². The second-order valence-electron chi connectivity index (χ2n) is 8.32. The van der Waals surface area contributed by atoms with Gasteiger partial charge in [0.25, 0.3) is 0 Å². The zero-order valence-electron chi connectivity index (χ0n) is 17.1. The Hall–Kier alpha value is -1.96. The first kappa shape index (κ1) is 18.8. The molecule has 140 valence electrons. The molecule has 0 aromatic heterocycles. The maximum Gasteiger partial charge on any atom is 0.119 e. The molecular weight excluding hydrogens is 320 g/mol. The summed E-state index contributed by atoms with van der Waals surface area (Å²) in [6, 6.07) is 3.87. The van der Waals surface area contributed by atoms with Gasteiger partial charge in [-0.05, 0) is 111 Å². The van der Waals surface area contributed by atoms with E-state index in [1.807, 2.05) is 26.0 Å². The van der Waals surface area contributed by atoms with Crippen LogP contribution in [0.3, 0.4) is 0 Å². The van der Waals surface area contributed by atoms with E-state index in [1.165, 1.54) is 52.6 Å². The van der Waals surface area contributed by atoms with Crippen LogP contribution in [0.1, 0.15) is 76.6 Å². The Labute approximate surface area is 157 Å². The first-order chi connectivity index (χ1) is 12.2. The van der Waals surface area contributed by atoms with Crippen molar-refractivity contribution in [1.82, 2.24) is 0 Å². The Kier molecular flexibility index (Phi) is 4.81. The molecule has 0 heterocycles. The molecule has 1 aliphatic rings. The SMILES string of the molecule is Cc1cc(O)c(C)c(C)c1C1(c2c(C)cc(O)c(C)c2C)CCCCC1. The molecule has 0 amide bonds. The maximum absolute atomic E-state index is 10.3. The molecule has 2 N–H and O–H groups in total. The predicted octanol–water partition coefficient (Wildman–Crippen LogP) is 6.20. The largest absolute Gasteiger partial charge is 0.508 e. The van der Waals surface area contributed by atoms with Crippen molar-refractivity contribution >= 4 is 0 Å². The molecule has 1 aliphatic carbocycles. The fourth-order valence-electron chi connectivity index (χ4n) is 5.37. The summed E-state index contributed by atoms with van der Waals surface area (Å²) in [7, 11) is 0. The van der Waals surface area contributed by atoms with Crippen molar-refractivity contribution < 1.29 is 10.2 Å². The first-order valence-corrected chi connectivity index (χ1v) is 9.81. The highest BCUT2D eigenvalue weighted by atomic mass is 16.3. The van der Waals surface area contributed by atoms with Gasteiger partial charge in [0.15, 0.2) is 0 Å². The van der Waals surface area contributed by atoms with Crippen molar-refractivity contribution in [2.75, 3.05) is 0 Å². The molecule has 0 radical (unpaired) electrons. The summed E-state index contributed by atoms with van der Waals surface area (Å²) in [5.41, 5.74) is 9.52. The van der Waals surface area contributed by atoms with Crippen LogP contribution in [-0.2, 0) is 5.41 Å². The van der Waals surface area contributed by atoms with Crippen LogP contribution < -0.4 is 0 Å². The third-order valence-corrected chi connectivity index (χ3v) is 6.80. The van der Waals surface area contributed by atoms with Crippen molar-refractivity contribution in [3.63, 3.8) is 0 Å². The number of hydrogen-bond acceptors (Lipinski definition) is 2. The van der Waals surface area contributed by atoms with Gasteiger partial charge in [-0.15, -0.1) is 0 Å². The van der Waals surface area contributed by atoms with E-state index >= 15 is 0 Å². The second kappa shape index (κ2) is 6.64. The summed E-state index contributed by atoms with van der Waals surface area (Å²) >= 11 is 0. The van der Waals surface area contributed by atoms with E-state index in [1.54, 1.807) is 0 Å². The fourth-order valence-corrected chi connectivity index (χ4v) is 5.37. The minimum atomic E-state index is -0.0303. The lowest BCUT2D eigenvalue weighted by molar-refractivity contribution is 0.339. The molecule has 1 fully saturated rings. The summed E-state index contributed by atoms with van der Waals surface area (Å²) in [5, 5.41) is 20.6. The third-order valence-electron chi connectivity index (χ3n) is 6.80. The minimum Gasteiger partial charge on any atom is -0.508 e. The Balaban J connectivity index is 2.40. The summed E-state index contributed by atoms with van der Waals surface area (Å²) in [6.45, 7) is 12.6. The van der Waals surface area contributed by atoms with Gasteiger partial charge >= 0.3 is 0 Å². The molecule has 26 heavy (non-hydrogen) atoms. The van der Waals surface area contributed by atoms with Gasteiger partial charge in [0.2, 0.25) is 0 Å². The van der Waals surface area contributed by atoms with Crippen LogP contribution in [0, 0.1) is 41.5 Å². The lowest BCUT2D eigenvalue weighted by Gasteiger charge is -2.43. The van der Waals surface area contributed by atoms with E-state index < -0.39 is 0 Å². The van der Waals surface area contributed by atoms with Gasteiger partial charge in [-0.3, -0.25) is 0 Å². The number of phenols is 2. The van der Waals surface area contributed by atoms with Gasteiger partial charge in [0.1, 0.15) is 11.5 Å². The Morgan fingerprint density at radius 3 is 1.38 bits per heavy atom. The molecule has 0 aliphatic heterocycles. The minimum absolute atomic E-state index is 0.0303. The Morgan fingerprint density at radius 1 is 0.615 bits per heavy atom. The molecule has 0 bridgehead atoms. The number of benzene rings is 2. The summed E-state index contributed by atoms with van der Waals surface area (Å²) in [5.74, 6) is 0.787. The second-order valence-corrected chi connectivity index (χ2v) is 8.32. The van der Waals surface area contributed by atoms with Crippen molar-refractivity contribution in [1.29, 1.82) is 0 Å². The van der Waals surface area contributed by atoms with Gasteiger partial charge in [-0.1, -0.05) is 19.3 Å². The zero-order valence-corrected chi connectivity index (χ0v) is 17.1. The van der Waals surface area contributed by atoms with Gasteiger partial charge < -0.3 is 10.2 Å². The van der Waals surface area contributed by atoms with E-state index in [2.05, 4.69) is 27.7 Å². The van der Waals surface area contributed by atoms with E-state index in [9.17, 15) is 10.2 Å².